The van der Waals surface area contributed by atoms with E-state index in [2.05, 4.69) is 41.4 Å². The highest BCUT2D eigenvalue weighted by Gasteiger charge is 2.17. The fourth-order valence-corrected chi connectivity index (χ4v) is 6.01. The molecule has 6 nitrogen and oxygen atoms in total. The lowest BCUT2D eigenvalue weighted by Gasteiger charge is -2.23. The van der Waals surface area contributed by atoms with Crippen LogP contribution in [0.25, 0.3) is 22.0 Å². The molecule has 3 N–H and O–H groups in total. The van der Waals surface area contributed by atoms with E-state index in [0.717, 1.165) is 52.2 Å². The SMILES string of the molecule is O=C(CCCCCCN(c1ccc(-c2ccc3cc[nH]c3c2)cc1)S(=O)c1cccs1)NO. The number of hydroxylamine groups is 1. The van der Waals surface area contributed by atoms with Crippen LogP contribution in [0.1, 0.15) is 32.1 Å². The lowest BCUT2D eigenvalue weighted by Crippen LogP contribution is -2.26. The minimum Gasteiger partial charge on any atom is -0.361 e. The molecule has 0 bridgehead atoms. The Bertz CT molecular complexity index is 1200. The van der Waals surface area contributed by atoms with Crippen molar-refractivity contribution in [1.82, 2.24) is 10.5 Å². The largest absolute Gasteiger partial charge is 0.361 e. The van der Waals surface area contributed by atoms with Gasteiger partial charge in [0.25, 0.3) is 0 Å². The Kier molecular flexibility index (Phi) is 7.93. The van der Waals surface area contributed by atoms with Gasteiger partial charge in [0.2, 0.25) is 5.91 Å². The molecule has 1 unspecified atom stereocenters. The maximum Gasteiger partial charge on any atom is 0.243 e. The van der Waals surface area contributed by atoms with E-state index in [0.29, 0.717) is 13.0 Å². The number of rotatable bonds is 11. The third kappa shape index (κ3) is 5.90. The Labute approximate surface area is 199 Å². The minimum absolute atomic E-state index is 0.317. The van der Waals surface area contributed by atoms with Gasteiger partial charge in [0.1, 0.15) is 4.21 Å². The van der Waals surface area contributed by atoms with E-state index < -0.39 is 11.0 Å². The predicted molar refractivity (Wildman–Crippen MR) is 135 cm³/mol. The molecule has 0 spiro atoms. The lowest BCUT2D eigenvalue weighted by atomic mass is 10.0. The van der Waals surface area contributed by atoms with Crippen LogP contribution in [0.2, 0.25) is 0 Å². The number of benzene rings is 2. The van der Waals surface area contributed by atoms with Gasteiger partial charge in [-0.15, -0.1) is 11.3 Å². The molecule has 8 heteroatoms. The Hall–Kier alpha value is -2.94. The molecule has 0 fully saturated rings. The molecule has 4 rings (SSSR count). The molecule has 0 aliphatic rings. The summed E-state index contributed by atoms with van der Waals surface area (Å²) in [5.41, 5.74) is 5.93. The highest BCUT2D eigenvalue weighted by Crippen LogP contribution is 2.29. The number of aromatic nitrogens is 1. The van der Waals surface area contributed by atoms with Gasteiger partial charge in [-0.05, 0) is 65.1 Å². The Morgan fingerprint density at radius 1 is 1.00 bits per heavy atom. The van der Waals surface area contributed by atoms with E-state index in [-0.39, 0.29) is 5.91 Å². The highest BCUT2D eigenvalue weighted by atomic mass is 32.2. The third-order valence-electron chi connectivity index (χ3n) is 5.55. The van der Waals surface area contributed by atoms with Crippen LogP contribution in [-0.2, 0) is 15.8 Å². The maximum atomic E-state index is 13.3. The second-order valence-electron chi connectivity index (χ2n) is 7.81. The smallest absolute Gasteiger partial charge is 0.243 e. The zero-order chi connectivity index (χ0) is 23.0. The zero-order valence-electron chi connectivity index (χ0n) is 18.2. The zero-order valence-corrected chi connectivity index (χ0v) is 19.8. The van der Waals surface area contributed by atoms with E-state index in [9.17, 15) is 9.00 Å². The molecule has 1 atom stereocenters. The first-order valence-electron chi connectivity index (χ1n) is 11.0. The normalized spacial score (nSPS) is 12.0. The molecule has 2 aromatic carbocycles. The first kappa shape index (κ1) is 23.2. The predicted octanol–water partition coefficient (Wildman–Crippen LogP) is 5.88. The summed E-state index contributed by atoms with van der Waals surface area (Å²) in [6, 6.07) is 20.5. The summed E-state index contributed by atoms with van der Waals surface area (Å²) in [6.45, 7) is 0.657. The number of hydrogen-bond donors (Lipinski definition) is 3. The summed E-state index contributed by atoms with van der Waals surface area (Å²) in [6.07, 6.45) is 5.65. The molecule has 1 amide bonds. The van der Waals surface area contributed by atoms with Gasteiger partial charge in [-0.25, -0.2) is 9.69 Å². The van der Waals surface area contributed by atoms with Gasteiger partial charge in [0.15, 0.2) is 11.0 Å². The Morgan fingerprint density at radius 3 is 2.55 bits per heavy atom. The fourth-order valence-electron chi connectivity index (χ4n) is 3.78. The molecule has 0 aliphatic heterocycles. The number of H-pyrrole nitrogens is 1. The minimum atomic E-state index is -1.27. The van der Waals surface area contributed by atoms with Crippen molar-refractivity contribution in [3.05, 3.63) is 72.2 Å². The van der Waals surface area contributed by atoms with Crippen molar-refractivity contribution in [3.63, 3.8) is 0 Å². The van der Waals surface area contributed by atoms with Gasteiger partial charge in [0.05, 0.1) is 0 Å². The first-order valence-corrected chi connectivity index (χ1v) is 13.0. The molecule has 33 heavy (non-hydrogen) atoms. The quantitative estimate of drug-likeness (QED) is 0.142. The number of amides is 1. The number of carbonyl (C=O) groups is 1. The van der Waals surface area contributed by atoms with Gasteiger partial charge in [-0.3, -0.25) is 14.3 Å². The summed E-state index contributed by atoms with van der Waals surface area (Å²) in [5, 5.41) is 11.7. The van der Waals surface area contributed by atoms with Crippen LogP contribution in [-0.4, -0.2) is 26.9 Å². The van der Waals surface area contributed by atoms with Crippen LogP contribution in [0.3, 0.4) is 0 Å². The van der Waals surface area contributed by atoms with Gasteiger partial charge in [-0.2, -0.15) is 0 Å². The van der Waals surface area contributed by atoms with E-state index in [1.54, 1.807) is 5.48 Å². The van der Waals surface area contributed by atoms with Gasteiger partial charge >= 0.3 is 0 Å². The molecular weight excluding hydrogens is 454 g/mol. The summed E-state index contributed by atoms with van der Waals surface area (Å²) in [5.74, 6) is -0.356. The molecule has 0 radical (unpaired) electrons. The van der Waals surface area contributed by atoms with Gasteiger partial charge < -0.3 is 4.98 Å². The summed E-state index contributed by atoms with van der Waals surface area (Å²) < 4.78 is 16.1. The van der Waals surface area contributed by atoms with Crippen molar-refractivity contribution in [2.45, 2.75) is 36.3 Å². The van der Waals surface area contributed by atoms with E-state index in [1.807, 2.05) is 40.1 Å². The van der Waals surface area contributed by atoms with Crippen LogP contribution in [0.15, 0.2) is 76.4 Å². The van der Waals surface area contributed by atoms with Crippen molar-refractivity contribution < 1.29 is 14.2 Å². The van der Waals surface area contributed by atoms with Crippen molar-refractivity contribution in [2.24, 2.45) is 0 Å². The number of nitrogens with zero attached hydrogens (tertiary/aromatic N) is 1. The first-order chi connectivity index (χ1) is 16.2. The average Bonchev–Trinajstić information content (AvgIpc) is 3.55. The summed E-state index contributed by atoms with van der Waals surface area (Å²) in [4.78, 5) is 14.4. The second-order valence-corrected chi connectivity index (χ2v) is 10.4. The lowest BCUT2D eigenvalue weighted by molar-refractivity contribution is -0.129. The number of hydrogen-bond acceptors (Lipinski definition) is 4. The monoisotopic (exact) mass is 481 g/mol. The van der Waals surface area contributed by atoms with Gasteiger partial charge in [-0.1, -0.05) is 43.2 Å². The number of carbonyl (C=O) groups excluding carboxylic acids is 1. The molecule has 4 aromatic rings. The third-order valence-corrected chi connectivity index (χ3v) is 8.20. The molecule has 0 saturated heterocycles. The Morgan fingerprint density at radius 2 is 1.79 bits per heavy atom. The van der Waals surface area contributed by atoms with Crippen LogP contribution in [0.4, 0.5) is 5.69 Å². The van der Waals surface area contributed by atoms with E-state index in [1.165, 1.54) is 16.7 Å². The number of fused-ring (bicyclic) bond motifs is 1. The van der Waals surface area contributed by atoms with Gasteiger partial charge in [0, 0.05) is 30.4 Å². The second kappa shape index (κ2) is 11.3. The summed E-state index contributed by atoms with van der Waals surface area (Å²) in [7, 11) is -1.27. The van der Waals surface area contributed by atoms with E-state index >= 15 is 0 Å². The average molecular weight is 482 g/mol. The number of thiophene rings is 1. The molecule has 2 aromatic heterocycles. The molecular formula is C25H27N3O3S2. The maximum absolute atomic E-state index is 13.3. The molecule has 2 heterocycles. The number of nitrogens with one attached hydrogen (secondary N) is 2. The van der Waals surface area contributed by atoms with E-state index in [4.69, 9.17) is 5.21 Å². The number of anilines is 1. The number of unbranched alkanes of at least 4 members (excludes halogenated alkanes) is 3. The van der Waals surface area contributed by atoms with Crippen molar-refractivity contribution >= 4 is 44.8 Å². The van der Waals surface area contributed by atoms with Crippen LogP contribution >= 0.6 is 11.3 Å². The van der Waals surface area contributed by atoms with Crippen molar-refractivity contribution in [2.75, 3.05) is 10.8 Å². The number of aromatic amines is 1. The van der Waals surface area contributed by atoms with Crippen molar-refractivity contribution in [3.8, 4) is 11.1 Å². The summed E-state index contributed by atoms with van der Waals surface area (Å²) >= 11 is 1.50. The van der Waals surface area contributed by atoms with Crippen LogP contribution < -0.4 is 9.79 Å². The highest BCUT2D eigenvalue weighted by molar-refractivity contribution is 7.88. The van der Waals surface area contributed by atoms with Crippen LogP contribution in [0.5, 0.6) is 0 Å². The van der Waals surface area contributed by atoms with Crippen molar-refractivity contribution in [1.29, 1.82) is 0 Å². The fraction of sp³-hybridized carbons (Fsp3) is 0.240. The molecule has 172 valence electrons. The topological polar surface area (TPSA) is 85.4 Å². The Balaban J connectivity index is 1.45. The molecule has 0 saturated carbocycles. The molecule has 0 aliphatic carbocycles. The van der Waals surface area contributed by atoms with Crippen LogP contribution in [0, 0.1) is 0 Å². The standard InChI is InChI=1S/C25H27N3O3S2/c29-24(27-30)6-3-1-2-4-16-28(33(31)25-7-5-17-32-25)22-12-10-19(11-13-22)21-9-8-20-14-15-26-23(20)18-21/h5,7-15,17-18,26,30H,1-4,6,16H2,(H,27,29).